The molecule has 0 aliphatic heterocycles. The summed E-state index contributed by atoms with van der Waals surface area (Å²) < 4.78 is 41.9. The second kappa shape index (κ2) is 6.88. The van der Waals surface area contributed by atoms with Gasteiger partial charge in [-0.25, -0.2) is 4.98 Å². The summed E-state index contributed by atoms with van der Waals surface area (Å²) in [5.41, 5.74) is 0.682. The van der Waals surface area contributed by atoms with Gasteiger partial charge in [-0.05, 0) is 50.7 Å². The van der Waals surface area contributed by atoms with Crippen molar-refractivity contribution < 1.29 is 17.9 Å². The first-order chi connectivity index (χ1) is 9.74. The Kier molecular flexibility index (Phi) is 5.60. The predicted octanol–water partition coefficient (Wildman–Crippen LogP) is 5.67. The first-order valence-electron chi connectivity index (χ1n) is 5.33. The molecule has 0 saturated heterocycles. The van der Waals surface area contributed by atoms with Crippen LogP contribution in [0.1, 0.15) is 4.88 Å². The molecule has 0 radical (unpaired) electrons. The molecule has 21 heavy (non-hydrogen) atoms. The average Bonchev–Trinajstić information content (AvgIpc) is 2.76. The molecular weight excluding hydrogens is 507 g/mol. The summed E-state index contributed by atoms with van der Waals surface area (Å²) in [5.74, 6) is -0.279. The molecule has 3 nitrogen and oxygen atoms in total. The molecule has 0 unspecified atom stereocenters. The number of hydrogen-bond acceptors (Lipinski definition) is 4. The van der Waals surface area contributed by atoms with E-state index >= 15 is 0 Å². The smallest absolute Gasteiger partial charge is 0.405 e. The lowest BCUT2D eigenvalue weighted by Gasteiger charge is -2.14. The van der Waals surface area contributed by atoms with Crippen molar-refractivity contribution in [1.82, 2.24) is 4.98 Å². The average molecular weight is 514 g/mol. The molecule has 1 N–H and O–H groups in total. The number of benzene rings is 1. The fourth-order valence-corrected chi connectivity index (χ4v) is 3.39. The molecule has 0 aliphatic rings. The van der Waals surface area contributed by atoms with Gasteiger partial charge in [0, 0.05) is 20.3 Å². The summed E-state index contributed by atoms with van der Waals surface area (Å²) in [6, 6.07) is 2.84. The SMILES string of the molecule is FC(F)(F)Oc1cc(I)c(NCc2cnc(Cl)s2)cc1Br. The fourth-order valence-electron chi connectivity index (χ4n) is 1.41. The van der Waals surface area contributed by atoms with Crippen molar-refractivity contribution in [1.29, 1.82) is 0 Å². The lowest BCUT2D eigenvalue weighted by Crippen LogP contribution is -2.17. The van der Waals surface area contributed by atoms with Gasteiger partial charge in [0.15, 0.2) is 4.47 Å². The Hall–Kier alpha value is -0.260. The van der Waals surface area contributed by atoms with Gasteiger partial charge in [-0.15, -0.1) is 24.5 Å². The first kappa shape index (κ1) is 17.1. The Bertz CT molecular complexity index is 653. The Morgan fingerprint density at radius 1 is 1.43 bits per heavy atom. The van der Waals surface area contributed by atoms with E-state index in [-0.39, 0.29) is 10.2 Å². The van der Waals surface area contributed by atoms with E-state index in [1.165, 1.54) is 23.5 Å². The highest BCUT2D eigenvalue weighted by atomic mass is 127. The third-order valence-corrected chi connectivity index (χ3v) is 4.85. The van der Waals surface area contributed by atoms with Crippen LogP contribution in [0.4, 0.5) is 18.9 Å². The van der Waals surface area contributed by atoms with Crippen molar-refractivity contribution >= 4 is 67.1 Å². The lowest BCUT2D eigenvalue weighted by atomic mass is 10.3. The molecule has 2 aromatic rings. The minimum Gasteiger partial charge on any atom is -0.405 e. The Morgan fingerprint density at radius 2 is 2.14 bits per heavy atom. The highest BCUT2D eigenvalue weighted by molar-refractivity contribution is 14.1. The lowest BCUT2D eigenvalue weighted by molar-refractivity contribution is -0.274. The summed E-state index contributed by atoms with van der Waals surface area (Å²) in [5, 5.41) is 3.11. The summed E-state index contributed by atoms with van der Waals surface area (Å²) in [7, 11) is 0. The van der Waals surface area contributed by atoms with Gasteiger partial charge >= 0.3 is 6.36 Å². The van der Waals surface area contributed by atoms with Crippen molar-refractivity contribution in [3.63, 3.8) is 0 Å². The molecular formula is C11H6BrClF3IN2OS. The van der Waals surface area contributed by atoms with Gasteiger partial charge in [0.1, 0.15) is 5.75 Å². The zero-order chi connectivity index (χ0) is 15.6. The number of rotatable bonds is 4. The maximum Gasteiger partial charge on any atom is 0.573 e. The second-order valence-corrected chi connectivity index (χ2v) is 7.46. The fraction of sp³-hybridized carbons (Fsp3) is 0.182. The van der Waals surface area contributed by atoms with Crippen LogP contribution in [0, 0.1) is 3.57 Å². The van der Waals surface area contributed by atoms with Crippen LogP contribution in [0.5, 0.6) is 5.75 Å². The standard InChI is InChI=1S/C11H6BrClF3IN2OS/c12-6-1-8(18-3-5-4-19-10(13)21-5)7(17)2-9(6)20-11(14,15)16/h1-2,4,18H,3H2. The zero-order valence-electron chi connectivity index (χ0n) is 9.97. The van der Waals surface area contributed by atoms with Crippen LogP contribution >= 0.6 is 61.5 Å². The Balaban J connectivity index is 2.12. The molecule has 1 aromatic carbocycles. The summed E-state index contributed by atoms with van der Waals surface area (Å²) in [6.07, 6.45) is -3.08. The van der Waals surface area contributed by atoms with Crippen LogP contribution in [0.15, 0.2) is 22.8 Å². The van der Waals surface area contributed by atoms with Crippen LogP contribution < -0.4 is 10.1 Å². The zero-order valence-corrected chi connectivity index (χ0v) is 15.3. The number of anilines is 1. The van der Waals surface area contributed by atoms with Gasteiger partial charge in [0.25, 0.3) is 0 Å². The topological polar surface area (TPSA) is 34.1 Å². The largest absolute Gasteiger partial charge is 0.573 e. The van der Waals surface area contributed by atoms with Crippen LogP contribution in [0.3, 0.4) is 0 Å². The molecule has 2 rings (SSSR count). The summed E-state index contributed by atoms with van der Waals surface area (Å²) in [6.45, 7) is 0.478. The van der Waals surface area contributed by atoms with Gasteiger partial charge in [0.2, 0.25) is 0 Å². The van der Waals surface area contributed by atoms with Crippen LogP contribution in [-0.4, -0.2) is 11.3 Å². The van der Waals surface area contributed by atoms with E-state index in [2.05, 4.69) is 31.0 Å². The monoisotopic (exact) mass is 512 g/mol. The first-order valence-corrected chi connectivity index (χ1v) is 8.40. The minimum absolute atomic E-state index is 0.213. The third-order valence-electron chi connectivity index (χ3n) is 2.23. The number of nitrogens with one attached hydrogen (secondary N) is 1. The quantitative estimate of drug-likeness (QED) is 0.535. The van der Waals surface area contributed by atoms with E-state index in [1.54, 1.807) is 6.20 Å². The van der Waals surface area contributed by atoms with Crippen molar-refractivity contribution in [2.45, 2.75) is 12.9 Å². The van der Waals surface area contributed by atoms with Gasteiger partial charge in [-0.2, -0.15) is 0 Å². The Morgan fingerprint density at radius 3 is 2.71 bits per heavy atom. The maximum absolute atomic E-state index is 12.2. The van der Waals surface area contributed by atoms with E-state index in [1.807, 2.05) is 22.6 Å². The van der Waals surface area contributed by atoms with Crippen LogP contribution in [-0.2, 0) is 6.54 Å². The number of nitrogens with zero attached hydrogens (tertiary/aromatic N) is 1. The highest BCUT2D eigenvalue weighted by Gasteiger charge is 2.32. The molecule has 1 heterocycles. The van der Waals surface area contributed by atoms with Gasteiger partial charge < -0.3 is 10.1 Å². The number of halogens is 6. The van der Waals surface area contributed by atoms with Gasteiger partial charge in [-0.3, -0.25) is 0 Å². The minimum atomic E-state index is -4.72. The molecule has 0 saturated carbocycles. The highest BCUT2D eigenvalue weighted by Crippen LogP contribution is 2.35. The molecule has 0 spiro atoms. The van der Waals surface area contributed by atoms with Crippen molar-refractivity contribution in [3.8, 4) is 5.75 Å². The number of aromatic nitrogens is 1. The summed E-state index contributed by atoms with van der Waals surface area (Å²) >= 11 is 12.1. The summed E-state index contributed by atoms with van der Waals surface area (Å²) in [4.78, 5) is 4.83. The number of thiazole rings is 1. The van der Waals surface area contributed by atoms with E-state index in [4.69, 9.17) is 11.6 Å². The van der Waals surface area contributed by atoms with E-state index in [9.17, 15) is 13.2 Å². The molecule has 1 aromatic heterocycles. The number of alkyl halides is 3. The van der Waals surface area contributed by atoms with Crippen LogP contribution in [0.25, 0.3) is 0 Å². The molecule has 0 fully saturated rings. The molecule has 10 heteroatoms. The molecule has 0 aliphatic carbocycles. The maximum atomic E-state index is 12.2. The molecule has 114 valence electrons. The van der Waals surface area contributed by atoms with Crippen molar-refractivity contribution in [3.05, 3.63) is 35.7 Å². The third kappa shape index (κ3) is 5.15. The molecule has 0 bridgehead atoms. The van der Waals surface area contributed by atoms with E-state index in [0.29, 0.717) is 20.3 Å². The van der Waals surface area contributed by atoms with Gasteiger partial charge in [0.05, 0.1) is 11.0 Å². The predicted molar refractivity (Wildman–Crippen MR) is 88.0 cm³/mol. The van der Waals surface area contributed by atoms with Gasteiger partial charge in [-0.1, -0.05) is 11.6 Å². The van der Waals surface area contributed by atoms with Crippen molar-refractivity contribution in [2.24, 2.45) is 0 Å². The second-order valence-electron chi connectivity index (χ2n) is 3.74. The number of hydrogen-bond donors (Lipinski definition) is 1. The number of ether oxygens (including phenoxy) is 1. The van der Waals surface area contributed by atoms with E-state index < -0.39 is 6.36 Å². The molecule has 0 amide bonds. The van der Waals surface area contributed by atoms with E-state index in [0.717, 1.165) is 4.88 Å². The van der Waals surface area contributed by atoms with Crippen LogP contribution in [0.2, 0.25) is 4.47 Å². The normalized spacial score (nSPS) is 11.5. The Labute approximate surface area is 149 Å². The molecule has 0 atom stereocenters. The van der Waals surface area contributed by atoms with Crippen molar-refractivity contribution in [2.75, 3.05) is 5.32 Å².